The zero-order valence-corrected chi connectivity index (χ0v) is 19.4. The molecule has 3 aromatic carbocycles. The molecule has 0 saturated carbocycles. The van der Waals surface area contributed by atoms with Crippen LogP contribution in [0, 0.1) is 11.6 Å². The second-order valence-electron chi connectivity index (χ2n) is 7.05. The molecule has 34 heavy (non-hydrogen) atoms. The Kier molecular flexibility index (Phi) is 6.62. The number of benzene rings is 3. The zero-order chi connectivity index (χ0) is 24.4. The predicted octanol–water partition coefficient (Wildman–Crippen LogP) is 5.30. The molecule has 1 heterocycles. The average molecular weight is 548 g/mol. The van der Waals surface area contributed by atoms with E-state index in [9.17, 15) is 23.2 Å². The fourth-order valence-corrected chi connectivity index (χ4v) is 3.63. The van der Waals surface area contributed by atoms with E-state index < -0.39 is 29.4 Å². The summed E-state index contributed by atoms with van der Waals surface area (Å²) in [6, 6.07) is 15.5. The molecule has 4 rings (SSSR count). The summed E-state index contributed by atoms with van der Waals surface area (Å²) in [6.07, 6.45) is 0. The molecular formula is C23H14BrClF2N4O3. The summed E-state index contributed by atoms with van der Waals surface area (Å²) in [6.45, 7) is 0. The van der Waals surface area contributed by atoms with Gasteiger partial charge in [0.2, 0.25) is 0 Å². The number of nitrogens with one attached hydrogen (secondary N) is 3. The van der Waals surface area contributed by atoms with Crippen LogP contribution in [0.3, 0.4) is 0 Å². The van der Waals surface area contributed by atoms with Crippen molar-refractivity contribution in [2.45, 2.75) is 0 Å². The third-order valence-corrected chi connectivity index (χ3v) is 5.44. The van der Waals surface area contributed by atoms with E-state index in [1.807, 2.05) is 0 Å². The van der Waals surface area contributed by atoms with Crippen LogP contribution in [0.2, 0.25) is 5.02 Å². The van der Waals surface area contributed by atoms with Gasteiger partial charge in [0, 0.05) is 26.6 Å². The lowest BCUT2D eigenvalue weighted by Crippen LogP contribution is -2.36. The van der Waals surface area contributed by atoms with Gasteiger partial charge in [-0.1, -0.05) is 27.5 Å². The lowest BCUT2D eigenvalue weighted by Gasteiger charge is -2.13. The molecular weight excluding hydrogens is 534 g/mol. The first kappa shape index (κ1) is 23.4. The minimum Gasteiger partial charge on any atom is -0.321 e. The highest BCUT2D eigenvalue weighted by atomic mass is 79.9. The number of anilines is 2. The van der Waals surface area contributed by atoms with E-state index in [4.69, 9.17) is 11.6 Å². The summed E-state index contributed by atoms with van der Waals surface area (Å²) in [4.78, 5) is 37.9. The minimum absolute atomic E-state index is 0.0252. The molecule has 0 unspecified atom stereocenters. The Labute approximate surface area is 204 Å². The van der Waals surface area contributed by atoms with Crippen LogP contribution in [-0.2, 0) is 9.59 Å². The van der Waals surface area contributed by atoms with Crippen molar-refractivity contribution < 1.29 is 23.2 Å². The minimum atomic E-state index is -1.21. The monoisotopic (exact) mass is 546 g/mol. The van der Waals surface area contributed by atoms with Gasteiger partial charge in [-0.2, -0.15) is 0 Å². The molecule has 0 aliphatic carbocycles. The fraction of sp³-hybridized carbons (Fsp3) is 0. The first-order chi connectivity index (χ1) is 16.2. The quantitative estimate of drug-likeness (QED) is 0.303. The van der Waals surface area contributed by atoms with E-state index in [2.05, 4.69) is 32.0 Å². The predicted molar refractivity (Wildman–Crippen MR) is 128 cm³/mol. The van der Waals surface area contributed by atoms with Crippen LogP contribution < -0.4 is 16.1 Å². The fourth-order valence-electron chi connectivity index (χ4n) is 3.12. The van der Waals surface area contributed by atoms with Crippen molar-refractivity contribution in [3.8, 4) is 0 Å². The molecule has 0 saturated heterocycles. The van der Waals surface area contributed by atoms with Crippen LogP contribution >= 0.6 is 27.5 Å². The first-order valence-corrected chi connectivity index (χ1v) is 10.8. The van der Waals surface area contributed by atoms with Gasteiger partial charge in [-0.25, -0.2) is 13.5 Å². The van der Waals surface area contributed by atoms with Gasteiger partial charge in [-0.3, -0.25) is 19.8 Å². The Bertz CT molecular complexity index is 1440. The lowest BCUT2D eigenvalue weighted by molar-refractivity contribution is -0.133. The largest absolute Gasteiger partial charge is 0.328 e. The van der Waals surface area contributed by atoms with Gasteiger partial charge in [0.05, 0.1) is 11.2 Å². The van der Waals surface area contributed by atoms with E-state index in [1.54, 1.807) is 42.5 Å². The SMILES string of the molecule is O=C(Nc1ccc(F)cc1F)C(=O)Nn1c(C(=O)Nc2ccc(Cl)cc2)cc2cc(Br)ccc21. The summed E-state index contributed by atoms with van der Waals surface area (Å²) in [5.41, 5.74) is 2.90. The van der Waals surface area contributed by atoms with Crippen molar-refractivity contribution in [2.75, 3.05) is 16.1 Å². The number of hydrogen-bond acceptors (Lipinski definition) is 3. The number of hydrogen-bond donors (Lipinski definition) is 3. The molecule has 0 atom stereocenters. The summed E-state index contributed by atoms with van der Waals surface area (Å²) < 4.78 is 28.8. The molecule has 0 fully saturated rings. The van der Waals surface area contributed by atoms with Crippen LogP contribution in [0.1, 0.15) is 10.5 Å². The molecule has 3 N–H and O–H groups in total. The van der Waals surface area contributed by atoms with Gasteiger partial charge < -0.3 is 10.6 Å². The van der Waals surface area contributed by atoms with Crippen LogP contribution in [0.25, 0.3) is 10.9 Å². The number of nitrogens with zero attached hydrogens (tertiary/aromatic N) is 1. The van der Waals surface area contributed by atoms with Crippen molar-refractivity contribution in [3.05, 3.63) is 93.6 Å². The van der Waals surface area contributed by atoms with Crippen molar-refractivity contribution in [1.29, 1.82) is 0 Å². The normalized spacial score (nSPS) is 10.7. The highest BCUT2D eigenvalue weighted by Crippen LogP contribution is 2.24. The summed E-state index contributed by atoms with van der Waals surface area (Å²) in [5, 5.41) is 5.85. The summed E-state index contributed by atoms with van der Waals surface area (Å²) in [7, 11) is 0. The molecule has 3 amide bonds. The second kappa shape index (κ2) is 9.62. The van der Waals surface area contributed by atoms with Crippen molar-refractivity contribution in [1.82, 2.24) is 4.68 Å². The standard InChI is InChI=1S/C23H14BrClF2N4O3/c24-13-1-8-19-12(9-13)10-20(21(32)28-16-5-2-14(25)3-6-16)31(19)30-23(34)22(33)29-18-7-4-15(26)11-17(18)27/h1-11H,(H,28,32)(H,29,33)(H,30,34). The van der Waals surface area contributed by atoms with Gasteiger partial charge in [0.1, 0.15) is 17.3 Å². The molecule has 1 aromatic heterocycles. The van der Waals surface area contributed by atoms with Gasteiger partial charge in [-0.15, -0.1) is 0 Å². The molecule has 0 aliphatic heterocycles. The number of carbonyl (C=O) groups excluding carboxylic acids is 3. The molecule has 0 radical (unpaired) electrons. The summed E-state index contributed by atoms with van der Waals surface area (Å²) >= 11 is 9.22. The molecule has 172 valence electrons. The van der Waals surface area contributed by atoms with Crippen LogP contribution in [0.15, 0.2) is 71.2 Å². The van der Waals surface area contributed by atoms with Gasteiger partial charge >= 0.3 is 11.8 Å². The van der Waals surface area contributed by atoms with Crippen molar-refractivity contribution in [3.63, 3.8) is 0 Å². The van der Waals surface area contributed by atoms with E-state index >= 15 is 0 Å². The van der Waals surface area contributed by atoms with Crippen molar-refractivity contribution >= 4 is 67.5 Å². The molecule has 7 nitrogen and oxygen atoms in total. The Balaban J connectivity index is 1.62. The van der Waals surface area contributed by atoms with Crippen molar-refractivity contribution in [2.24, 2.45) is 0 Å². The van der Waals surface area contributed by atoms with E-state index in [1.165, 1.54) is 6.07 Å². The van der Waals surface area contributed by atoms with Crippen LogP contribution in [-0.4, -0.2) is 22.4 Å². The number of rotatable bonds is 4. The number of amides is 3. The maximum Gasteiger partial charge on any atom is 0.328 e. The van der Waals surface area contributed by atoms with Gasteiger partial charge in [0.15, 0.2) is 0 Å². The van der Waals surface area contributed by atoms with E-state index in [0.29, 0.717) is 27.7 Å². The topological polar surface area (TPSA) is 92.2 Å². The number of halogens is 4. The number of carbonyl (C=O) groups is 3. The third kappa shape index (κ3) is 5.08. The van der Waals surface area contributed by atoms with E-state index in [0.717, 1.165) is 21.3 Å². The lowest BCUT2D eigenvalue weighted by atomic mass is 10.2. The molecule has 0 bridgehead atoms. The molecule has 0 aliphatic rings. The first-order valence-electron chi connectivity index (χ1n) is 9.66. The second-order valence-corrected chi connectivity index (χ2v) is 8.40. The number of aromatic nitrogens is 1. The maximum absolute atomic E-state index is 13.8. The Hall–Kier alpha value is -3.76. The van der Waals surface area contributed by atoms with Crippen LogP contribution in [0.5, 0.6) is 0 Å². The highest BCUT2D eigenvalue weighted by Gasteiger charge is 2.22. The Morgan fingerprint density at radius 2 is 1.59 bits per heavy atom. The molecule has 4 aromatic rings. The van der Waals surface area contributed by atoms with E-state index in [-0.39, 0.29) is 11.4 Å². The van der Waals surface area contributed by atoms with Gasteiger partial charge in [0.25, 0.3) is 5.91 Å². The molecule has 0 spiro atoms. The number of fused-ring (bicyclic) bond motifs is 1. The molecule has 11 heteroatoms. The third-order valence-electron chi connectivity index (χ3n) is 4.70. The van der Waals surface area contributed by atoms with Gasteiger partial charge in [-0.05, 0) is 60.7 Å². The van der Waals surface area contributed by atoms with Crippen LogP contribution in [0.4, 0.5) is 20.2 Å². The zero-order valence-electron chi connectivity index (χ0n) is 17.0. The smallest absolute Gasteiger partial charge is 0.321 e. The maximum atomic E-state index is 13.8. The Morgan fingerprint density at radius 1 is 0.853 bits per heavy atom. The average Bonchev–Trinajstić information content (AvgIpc) is 3.14. The summed E-state index contributed by atoms with van der Waals surface area (Å²) in [5.74, 6) is -4.83. The Morgan fingerprint density at radius 3 is 2.29 bits per heavy atom. The highest BCUT2D eigenvalue weighted by molar-refractivity contribution is 9.10.